The van der Waals surface area contributed by atoms with Crippen LogP contribution >= 0.6 is 11.8 Å². The minimum atomic E-state index is -0.879. The molecule has 2 saturated carbocycles. The van der Waals surface area contributed by atoms with Gasteiger partial charge in [0.25, 0.3) is 5.97 Å². The van der Waals surface area contributed by atoms with Crippen LogP contribution in [0.1, 0.15) is 77.1 Å². The molecule has 10 nitrogen and oxygen atoms in total. The topological polar surface area (TPSA) is 168 Å². The van der Waals surface area contributed by atoms with Gasteiger partial charge in [-0.05, 0) is 74.4 Å². The second-order valence-corrected chi connectivity index (χ2v) is 13.1. The van der Waals surface area contributed by atoms with Crippen LogP contribution in [0.15, 0.2) is 41.5 Å². The van der Waals surface area contributed by atoms with E-state index in [4.69, 9.17) is 29.6 Å². The molecule has 0 aromatic heterocycles. The van der Waals surface area contributed by atoms with E-state index in [2.05, 4.69) is 20.8 Å². The van der Waals surface area contributed by atoms with Crippen LogP contribution in [0.4, 0.5) is 4.79 Å². The zero-order valence-corrected chi connectivity index (χ0v) is 26.7. The lowest BCUT2D eigenvalue weighted by atomic mass is 9.52. The van der Waals surface area contributed by atoms with Crippen LogP contribution in [0, 0.1) is 23.2 Å². The van der Waals surface area contributed by atoms with Gasteiger partial charge in [-0.2, -0.15) is 0 Å². The number of hydrogen-bond donors (Lipinski definition) is 4. The van der Waals surface area contributed by atoms with Crippen molar-refractivity contribution in [1.29, 1.82) is 0 Å². The van der Waals surface area contributed by atoms with E-state index < -0.39 is 34.4 Å². The third-order valence-electron chi connectivity index (χ3n) is 9.00. The number of Topliss-reactive ketones (excluding diaryl/α,β-unsaturated/α-hetero) is 1. The number of rotatable bonds is 3. The summed E-state index contributed by atoms with van der Waals surface area (Å²) in [5.74, 6) is -0.168. The smallest absolute Gasteiger partial charge is 0.364 e. The van der Waals surface area contributed by atoms with Crippen LogP contribution in [0.25, 0.3) is 0 Å². The number of benzene rings is 1. The van der Waals surface area contributed by atoms with Gasteiger partial charge in [-0.25, -0.2) is 9.59 Å². The second kappa shape index (κ2) is 15.8. The number of fused-ring (bicyclic) bond motifs is 5. The van der Waals surface area contributed by atoms with Crippen molar-refractivity contribution in [3.63, 3.8) is 0 Å². The number of carbonyl (C=O) groups is 4. The van der Waals surface area contributed by atoms with Crippen molar-refractivity contribution in [3.05, 3.63) is 47.0 Å². The highest BCUT2D eigenvalue weighted by molar-refractivity contribution is 8.13. The van der Waals surface area contributed by atoms with Gasteiger partial charge in [-0.3, -0.25) is 9.59 Å². The number of ketones is 1. The normalized spacial score (nSPS) is 29.9. The Kier molecular flexibility index (Phi) is 13.4. The molecule has 6 atom stereocenters. The van der Waals surface area contributed by atoms with Gasteiger partial charge < -0.3 is 29.9 Å². The number of thioether (sulfide) groups is 1. The molecule has 0 spiro atoms. The molecule has 2 bridgehead atoms. The highest BCUT2D eigenvalue weighted by atomic mass is 32.2. The number of ether oxygens (including phenoxy) is 2. The molecule has 6 unspecified atom stereocenters. The first kappa shape index (κ1) is 36.5. The van der Waals surface area contributed by atoms with E-state index in [0.29, 0.717) is 29.8 Å². The largest absolute Gasteiger partial charge is 0.481 e. The average Bonchev–Trinajstić information content (AvgIpc) is 2.90. The summed E-state index contributed by atoms with van der Waals surface area (Å²) < 4.78 is 11.5. The zero-order valence-electron chi connectivity index (χ0n) is 25.9. The predicted octanol–water partition coefficient (Wildman–Crippen LogP) is 5.78. The van der Waals surface area contributed by atoms with E-state index in [1.54, 1.807) is 44.4 Å². The van der Waals surface area contributed by atoms with Crippen molar-refractivity contribution < 1.29 is 49.1 Å². The van der Waals surface area contributed by atoms with Crippen LogP contribution in [0.5, 0.6) is 0 Å². The molecule has 1 aliphatic heterocycles. The van der Waals surface area contributed by atoms with E-state index in [-0.39, 0.29) is 17.6 Å². The molecule has 0 radical (unpaired) electrons. The molecule has 43 heavy (non-hydrogen) atoms. The molecule has 4 N–H and O–H groups in total. The number of hydrogen-bond acceptors (Lipinski definition) is 8. The van der Waals surface area contributed by atoms with Gasteiger partial charge in [0.2, 0.25) is 0 Å². The van der Waals surface area contributed by atoms with Gasteiger partial charge in [-0.15, -0.1) is 0 Å². The fraction of sp³-hybridized carbons (Fsp3) is 0.625. The standard InChI is InChI=1S/C20H30O4.C7H6O2.C3H6O2S.C2H4O2/c1-11-7-8-20(22)9-13-12(5-6-15-14(13)10-24-15)17(21)18(23-4)16(11)19(20,2)3;8-7(9)6-4-2-1-3-5-6;1-2-6-3(4)5;1-2(3)4/h12-15,18,22H,5-10H2,1-4H3;1-5H,(H,8,9);2H2,1H3,(H,4,5);1H3,(H,3,4). The Morgan fingerprint density at radius 1 is 1.07 bits per heavy atom. The first-order chi connectivity index (χ1) is 20.1. The van der Waals surface area contributed by atoms with Crippen molar-refractivity contribution in [2.24, 2.45) is 23.2 Å². The Balaban J connectivity index is 0.000000278. The molecule has 3 aliphatic carbocycles. The number of aromatic carboxylic acids is 1. The quantitative estimate of drug-likeness (QED) is 0.302. The highest BCUT2D eigenvalue weighted by Gasteiger charge is 2.59. The van der Waals surface area contributed by atoms with Crippen LogP contribution in [0.3, 0.4) is 0 Å². The first-order valence-corrected chi connectivity index (χ1v) is 15.5. The summed E-state index contributed by atoms with van der Waals surface area (Å²) in [4.78, 5) is 42.2. The molecule has 4 aliphatic rings. The highest BCUT2D eigenvalue weighted by Crippen LogP contribution is 2.57. The summed E-state index contributed by atoms with van der Waals surface area (Å²) in [7, 11) is 1.64. The third-order valence-corrected chi connectivity index (χ3v) is 9.54. The summed E-state index contributed by atoms with van der Waals surface area (Å²) in [5, 5.41) is 34.6. The number of methoxy groups -OCH3 is 1. The van der Waals surface area contributed by atoms with E-state index >= 15 is 0 Å². The summed E-state index contributed by atoms with van der Waals surface area (Å²) in [6, 6.07) is 8.30. The van der Waals surface area contributed by atoms with E-state index in [0.717, 1.165) is 56.5 Å². The molecule has 1 aromatic carbocycles. The molecule has 240 valence electrons. The molecule has 1 heterocycles. The van der Waals surface area contributed by atoms with Crippen molar-refractivity contribution in [2.45, 2.75) is 84.5 Å². The van der Waals surface area contributed by atoms with Crippen LogP contribution in [0.2, 0.25) is 0 Å². The average molecular weight is 623 g/mol. The Morgan fingerprint density at radius 2 is 1.67 bits per heavy atom. The molecule has 11 heteroatoms. The monoisotopic (exact) mass is 622 g/mol. The van der Waals surface area contributed by atoms with Crippen molar-refractivity contribution >= 4 is 34.8 Å². The Hall–Kier alpha value is -2.73. The van der Waals surface area contributed by atoms with Gasteiger partial charge in [0, 0.05) is 37.0 Å². The molecule has 1 aromatic rings. The number of carboxylic acid groups (broad SMARTS) is 3. The molecular formula is C32H46O10S. The maximum atomic E-state index is 13.4. The molecule has 0 amide bonds. The lowest BCUT2D eigenvalue weighted by molar-refractivity contribution is -0.199. The minimum absolute atomic E-state index is 0.00336. The number of carbonyl (C=O) groups excluding carboxylic acids is 1. The molecule has 1 saturated heterocycles. The summed E-state index contributed by atoms with van der Waals surface area (Å²) in [6.07, 6.45) is 3.98. The van der Waals surface area contributed by atoms with Gasteiger partial charge in [0.1, 0.15) is 6.10 Å². The van der Waals surface area contributed by atoms with Gasteiger partial charge >= 0.3 is 11.3 Å². The summed E-state index contributed by atoms with van der Waals surface area (Å²) >= 11 is 0.903. The maximum absolute atomic E-state index is 13.4. The Labute approximate surface area is 257 Å². The van der Waals surface area contributed by atoms with E-state index in [9.17, 15) is 19.5 Å². The predicted molar refractivity (Wildman–Crippen MR) is 163 cm³/mol. The third kappa shape index (κ3) is 8.90. The van der Waals surface area contributed by atoms with Crippen LogP contribution in [-0.2, 0) is 19.1 Å². The van der Waals surface area contributed by atoms with Gasteiger partial charge in [-0.1, -0.05) is 44.5 Å². The molecule has 3 fully saturated rings. The lowest BCUT2D eigenvalue weighted by Gasteiger charge is -2.58. The van der Waals surface area contributed by atoms with Gasteiger partial charge in [0.05, 0.1) is 23.9 Å². The van der Waals surface area contributed by atoms with E-state index in [1.807, 2.05) is 0 Å². The van der Waals surface area contributed by atoms with Crippen LogP contribution in [-0.4, -0.2) is 80.7 Å². The fourth-order valence-electron chi connectivity index (χ4n) is 6.74. The van der Waals surface area contributed by atoms with Gasteiger partial charge in [0.15, 0.2) is 5.78 Å². The van der Waals surface area contributed by atoms with Crippen molar-refractivity contribution in [1.82, 2.24) is 0 Å². The summed E-state index contributed by atoms with van der Waals surface area (Å²) in [5.41, 5.74) is 1.39. The second-order valence-electron chi connectivity index (χ2n) is 11.8. The molecule has 5 rings (SSSR count). The lowest BCUT2D eigenvalue weighted by Crippen LogP contribution is -2.61. The molecular weight excluding hydrogens is 576 g/mol. The number of allylic oxidation sites excluding steroid dienone is 1. The number of aliphatic hydroxyl groups is 1. The van der Waals surface area contributed by atoms with Crippen molar-refractivity contribution in [2.75, 3.05) is 19.5 Å². The first-order valence-electron chi connectivity index (χ1n) is 14.5. The van der Waals surface area contributed by atoms with Crippen LogP contribution < -0.4 is 0 Å². The minimum Gasteiger partial charge on any atom is -0.481 e. The summed E-state index contributed by atoms with van der Waals surface area (Å²) in [6.45, 7) is 9.93. The fourth-order valence-corrected chi connectivity index (χ4v) is 6.99. The number of aliphatic carboxylic acids is 1. The zero-order chi connectivity index (χ0) is 32.5. The SMILES string of the molecule is CC(=O)O.CCSC(=O)O.COC1C(=O)C2CCC3OCC3C2CC2(O)CCC(C)=C1C2(C)C.O=C(O)c1ccccc1. The Morgan fingerprint density at radius 3 is 2.09 bits per heavy atom. The van der Waals surface area contributed by atoms with Crippen molar-refractivity contribution in [3.8, 4) is 0 Å². The maximum Gasteiger partial charge on any atom is 0.364 e. The number of carboxylic acids is 2. The van der Waals surface area contributed by atoms with E-state index in [1.165, 1.54) is 5.57 Å². The Bertz CT molecular complexity index is 1160.